The van der Waals surface area contributed by atoms with Crippen molar-refractivity contribution in [3.63, 3.8) is 0 Å². The normalized spacial score (nSPS) is 10.7. The van der Waals surface area contributed by atoms with Crippen molar-refractivity contribution in [3.8, 4) is 0 Å². The molecule has 0 fully saturated rings. The van der Waals surface area contributed by atoms with E-state index in [9.17, 15) is 9.18 Å². The Balaban J connectivity index is 2.24. The molecule has 0 N–H and O–H groups in total. The van der Waals surface area contributed by atoms with E-state index in [4.69, 9.17) is 11.6 Å². The summed E-state index contributed by atoms with van der Waals surface area (Å²) in [5, 5.41) is 1.06. The fourth-order valence-corrected chi connectivity index (χ4v) is 2.66. The third-order valence-electron chi connectivity index (χ3n) is 2.61. The zero-order chi connectivity index (χ0) is 13.3. The molecule has 0 aliphatic rings. The lowest BCUT2D eigenvalue weighted by atomic mass is 10.1. The summed E-state index contributed by atoms with van der Waals surface area (Å²) >= 11 is 7.22. The number of ketones is 1. The van der Waals surface area contributed by atoms with E-state index in [2.05, 4.69) is 4.98 Å². The Bertz CT molecular complexity index is 590. The van der Waals surface area contributed by atoms with E-state index >= 15 is 0 Å². The van der Waals surface area contributed by atoms with Crippen molar-refractivity contribution in [1.82, 2.24) is 4.98 Å². The minimum Gasteiger partial charge on any atom is -0.294 e. The highest BCUT2D eigenvalue weighted by Crippen LogP contribution is 2.20. The van der Waals surface area contributed by atoms with Gasteiger partial charge in [0.15, 0.2) is 5.78 Å². The van der Waals surface area contributed by atoms with Gasteiger partial charge in [0.2, 0.25) is 0 Å². The van der Waals surface area contributed by atoms with E-state index in [1.807, 2.05) is 13.8 Å². The molecule has 1 heterocycles. The van der Waals surface area contributed by atoms with Gasteiger partial charge in [0.1, 0.15) is 10.8 Å². The first-order valence-electron chi connectivity index (χ1n) is 5.38. The predicted molar refractivity (Wildman–Crippen MR) is 71.0 cm³/mol. The molecule has 0 amide bonds. The van der Waals surface area contributed by atoms with E-state index < -0.39 is 5.82 Å². The van der Waals surface area contributed by atoms with Crippen LogP contribution in [0.2, 0.25) is 5.02 Å². The van der Waals surface area contributed by atoms with E-state index in [1.165, 1.54) is 29.5 Å². The number of aryl methyl sites for hydroxylation is 2. The highest BCUT2D eigenvalue weighted by Gasteiger charge is 2.15. The Morgan fingerprint density at radius 1 is 1.44 bits per heavy atom. The van der Waals surface area contributed by atoms with Gasteiger partial charge in [-0.2, -0.15) is 0 Å². The van der Waals surface area contributed by atoms with Crippen LogP contribution >= 0.6 is 22.9 Å². The fourth-order valence-electron chi connectivity index (χ4n) is 1.56. The van der Waals surface area contributed by atoms with Crippen molar-refractivity contribution in [2.45, 2.75) is 20.3 Å². The van der Waals surface area contributed by atoms with E-state index in [1.54, 1.807) is 0 Å². The number of rotatable bonds is 3. The minimum atomic E-state index is -0.547. The molecule has 2 nitrogen and oxygen atoms in total. The molecule has 0 aliphatic heterocycles. The summed E-state index contributed by atoms with van der Waals surface area (Å²) in [4.78, 5) is 17.3. The molecule has 0 saturated heterocycles. The van der Waals surface area contributed by atoms with Gasteiger partial charge in [-0.3, -0.25) is 4.79 Å². The second-order valence-corrected chi connectivity index (χ2v) is 5.70. The van der Waals surface area contributed by atoms with Gasteiger partial charge in [-0.25, -0.2) is 9.37 Å². The van der Waals surface area contributed by atoms with Gasteiger partial charge in [0.05, 0.1) is 17.7 Å². The molecule has 0 saturated carbocycles. The van der Waals surface area contributed by atoms with Gasteiger partial charge in [0.25, 0.3) is 0 Å². The molecule has 0 radical (unpaired) electrons. The van der Waals surface area contributed by atoms with Crippen molar-refractivity contribution in [2.75, 3.05) is 0 Å². The minimum absolute atomic E-state index is 0.0213. The van der Waals surface area contributed by atoms with Crippen LogP contribution in [0.3, 0.4) is 0 Å². The van der Waals surface area contributed by atoms with E-state index in [0.29, 0.717) is 10.0 Å². The van der Waals surface area contributed by atoms with Gasteiger partial charge in [-0.1, -0.05) is 11.6 Å². The zero-order valence-electron chi connectivity index (χ0n) is 9.96. The number of hydrogen-bond acceptors (Lipinski definition) is 3. The summed E-state index contributed by atoms with van der Waals surface area (Å²) in [5.74, 6) is -0.849. The maximum Gasteiger partial charge on any atom is 0.172 e. The van der Waals surface area contributed by atoms with Crippen LogP contribution in [-0.4, -0.2) is 10.8 Å². The lowest BCUT2D eigenvalue weighted by Gasteiger charge is -2.01. The molecule has 18 heavy (non-hydrogen) atoms. The van der Waals surface area contributed by atoms with Crippen LogP contribution in [0.4, 0.5) is 4.39 Å². The van der Waals surface area contributed by atoms with Gasteiger partial charge in [-0.05, 0) is 32.0 Å². The second-order valence-electron chi connectivity index (χ2n) is 3.97. The third kappa shape index (κ3) is 2.76. The Morgan fingerprint density at radius 3 is 2.78 bits per heavy atom. The molecule has 0 bridgehead atoms. The average Bonchev–Trinajstić information content (AvgIpc) is 2.61. The van der Waals surface area contributed by atoms with Crippen molar-refractivity contribution >= 4 is 28.7 Å². The smallest absolute Gasteiger partial charge is 0.172 e. The van der Waals surface area contributed by atoms with Crippen LogP contribution in [-0.2, 0) is 6.42 Å². The van der Waals surface area contributed by atoms with Crippen molar-refractivity contribution in [1.29, 1.82) is 0 Å². The van der Waals surface area contributed by atoms with Crippen LogP contribution in [0.25, 0.3) is 0 Å². The number of aromatic nitrogens is 1. The summed E-state index contributed by atoms with van der Waals surface area (Å²) < 4.78 is 13.5. The van der Waals surface area contributed by atoms with Crippen LogP contribution in [0.15, 0.2) is 18.2 Å². The molecule has 0 aliphatic carbocycles. The monoisotopic (exact) mass is 283 g/mol. The number of nitrogens with zero attached hydrogens (tertiary/aromatic N) is 1. The summed E-state index contributed by atoms with van der Waals surface area (Å²) in [6.07, 6.45) is 0.108. The van der Waals surface area contributed by atoms with Crippen molar-refractivity contribution < 1.29 is 9.18 Å². The Labute approximate surface area is 113 Å². The number of halogens is 2. The molecule has 0 atom stereocenters. The van der Waals surface area contributed by atoms with Gasteiger partial charge < -0.3 is 0 Å². The molecule has 2 rings (SSSR count). The zero-order valence-corrected chi connectivity index (χ0v) is 11.5. The molecule has 2 aromatic rings. The number of thiazole rings is 1. The number of Topliss-reactive ketones (excluding diaryl/α,β-unsaturated/α-hetero) is 1. The SMILES string of the molecule is Cc1nc(CC(=O)c2cc(Cl)ccc2F)sc1C. The molecule has 1 aromatic heterocycles. The molecule has 1 aromatic carbocycles. The summed E-state index contributed by atoms with van der Waals surface area (Å²) in [6, 6.07) is 3.98. The van der Waals surface area contributed by atoms with Crippen LogP contribution in [0, 0.1) is 19.7 Å². The standard InChI is InChI=1S/C13H11ClFNOS/c1-7-8(2)18-13(16-7)6-12(17)10-5-9(14)3-4-11(10)15/h3-5H,6H2,1-2H3. The van der Waals surface area contributed by atoms with Gasteiger partial charge in [0, 0.05) is 9.90 Å². The number of hydrogen-bond donors (Lipinski definition) is 0. The average molecular weight is 284 g/mol. The summed E-state index contributed by atoms with van der Waals surface area (Å²) in [5.41, 5.74) is 0.933. The van der Waals surface area contributed by atoms with Gasteiger partial charge >= 0.3 is 0 Å². The van der Waals surface area contributed by atoms with Crippen LogP contribution < -0.4 is 0 Å². The highest BCUT2D eigenvalue weighted by molar-refractivity contribution is 7.11. The largest absolute Gasteiger partial charge is 0.294 e. The number of carbonyl (C=O) groups excluding carboxylic acids is 1. The molecular formula is C13H11ClFNOS. The predicted octanol–water partition coefficient (Wildman–Crippen LogP) is 3.98. The Hall–Kier alpha value is -1.26. The lowest BCUT2D eigenvalue weighted by Crippen LogP contribution is -2.06. The molecule has 0 unspecified atom stereocenters. The highest BCUT2D eigenvalue weighted by atomic mass is 35.5. The number of benzene rings is 1. The lowest BCUT2D eigenvalue weighted by molar-refractivity contribution is 0.0989. The van der Waals surface area contributed by atoms with Crippen LogP contribution in [0.1, 0.15) is 25.9 Å². The maximum atomic E-state index is 13.5. The van der Waals surface area contributed by atoms with Crippen molar-refractivity contribution in [3.05, 3.63) is 50.2 Å². The number of carbonyl (C=O) groups is 1. The molecule has 0 spiro atoms. The first-order chi connectivity index (χ1) is 8.47. The quantitative estimate of drug-likeness (QED) is 0.798. The van der Waals surface area contributed by atoms with E-state index in [-0.39, 0.29) is 17.8 Å². The summed E-state index contributed by atoms with van der Waals surface area (Å²) in [6.45, 7) is 3.83. The molecule has 5 heteroatoms. The summed E-state index contributed by atoms with van der Waals surface area (Å²) in [7, 11) is 0. The topological polar surface area (TPSA) is 30.0 Å². The fraction of sp³-hybridized carbons (Fsp3) is 0.231. The Morgan fingerprint density at radius 2 is 2.17 bits per heavy atom. The van der Waals surface area contributed by atoms with E-state index in [0.717, 1.165) is 10.6 Å². The van der Waals surface area contributed by atoms with Crippen molar-refractivity contribution in [2.24, 2.45) is 0 Å². The van der Waals surface area contributed by atoms with Crippen LogP contribution in [0.5, 0.6) is 0 Å². The first kappa shape index (κ1) is 13.2. The van der Waals surface area contributed by atoms with Gasteiger partial charge in [-0.15, -0.1) is 11.3 Å². The maximum absolute atomic E-state index is 13.5. The second kappa shape index (κ2) is 5.16. The Kier molecular flexibility index (Phi) is 3.78. The first-order valence-corrected chi connectivity index (χ1v) is 6.58. The third-order valence-corrected chi connectivity index (χ3v) is 3.92. The molecule has 94 valence electrons. The molecular weight excluding hydrogens is 273 g/mol.